The summed E-state index contributed by atoms with van der Waals surface area (Å²) < 4.78 is 3.24. The van der Waals surface area contributed by atoms with Crippen molar-refractivity contribution in [3.63, 3.8) is 0 Å². The third-order valence-corrected chi connectivity index (χ3v) is 6.82. The van der Waals surface area contributed by atoms with E-state index in [2.05, 4.69) is 64.1 Å². The van der Waals surface area contributed by atoms with Crippen LogP contribution in [-0.2, 0) is 0 Å². The zero-order valence-electron chi connectivity index (χ0n) is 18.0. The molecule has 0 radical (unpaired) electrons. The van der Waals surface area contributed by atoms with Crippen LogP contribution in [-0.4, -0.2) is 24.5 Å². The maximum Gasteiger partial charge on any atom is 0.238 e. The maximum absolute atomic E-state index is 4.99. The third kappa shape index (κ3) is 3.00. The van der Waals surface area contributed by atoms with Crippen LogP contribution >= 0.6 is 11.3 Å². The van der Waals surface area contributed by atoms with Gasteiger partial charge in [-0.15, -0.1) is 11.3 Å². The first kappa shape index (κ1) is 19.1. The van der Waals surface area contributed by atoms with Crippen molar-refractivity contribution in [2.24, 2.45) is 0 Å². The molecule has 0 amide bonds. The summed E-state index contributed by atoms with van der Waals surface area (Å²) in [6, 6.07) is 33.0. The number of nitrogens with zero attached hydrogens (tertiary/aromatic N) is 5. The summed E-state index contributed by atoms with van der Waals surface area (Å²) in [4.78, 5) is 19.2. The van der Waals surface area contributed by atoms with Gasteiger partial charge in [0.25, 0.3) is 0 Å². The molecule has 160 valence electrons. The Labute approximate surface area is 199 Å². The van der Waals surface area contributed by atoms with Crippen LogP contribution in [0.25, 0.3) is 60.7 Å². The molecular weight excluding hydrogens is 438 g/mol. The summed E-state index contributed by atoms with van der Waals surface area (Å²) in [5.41, 5.74) is 6.87. The van der Waals surface area contributed by atoms with Crippen molar-refractivity contribution < 1.29 is 0 Å². The minimum absolute atomic E-state index is 0.602. The van der Waals surface area contributed by atoms with Gasteiger partial charge in [0.15, 0.2) is 11.6 Å². The van der Waals surface area contributed by atoms with E-state index in [-0.39, 0.29) is 0 Å². The van der Waals surface area contributed by atoms with Crippen LogP contribution in [0.5, 0.6) is 0 Å². The molecule has 3 heterocycles. The number of thiazole rings is 1. The van der Waals surface area contributed by atoms with Gasteiger partial charge in [0.2, 0.25) is 5.95 Å². The molecule has 0 fully saturated rings. The molecule has 0 spiro atoms. The first-order valence-corrected chi connectivity index (χ1v) is 11.9. The van der Waals surface area contributed by atoms with E-state index >= 15 is 0 Å². The lowest BCUT2D eigenvalue weighted by molar-refractivity contribution is 0.953. The molecule has 0 aliphatic carbocycles. The van der Waals surface area contributed by atoms with Crippen LogP contribution in [0.3, 0.4) is 0 Å². The lowest BCUT2D eigenvalue weighted by atomic mass is 10.2. The van der Waals surface area contributed by atoms with Crippen LogP contribution in [0, 0.1) is 0 Å². The molecule has 6 heteroatoms. The minimum Gasteiger partial charge on any atom is -0.278 e. The third-order valence-electron chi connectivity index (χ3n) is 6.03. The fraction of sp³-hybridized carbons (Fsp3) is 0. The standard InChI is InChI=1S/C28H17N5S/c1-2-8-18(9-3-1)26-30-27(19-14-15-22-25(16-19)34-17-29-22)32-28(31-26)33-23-12-6-4-10-20(23)21-11-5-7-13-24(21)33/h1-17H. The van der Waals surface area contributed by atoms with Crippen molar-refractivity contribution in [1.82, 2.24) is 24.5 Å². The molecule has 7 aromatic rings. The smallest absolute Gasteiger partial charge is 0.238 e. The summed E-state index contributed by atoms with van der Waals surface area (Å²) in [6.45, 7) is 0. The Morgan fingerprint density at radius 3 is 1.97 bits per heavy atom. The van der Waals surface area contributed by atoms with Crippen LogP contribution < -0.4 is 0 Å². The topological polar surface area (TPSA) is 56.5 Å². The molecule has 0 bridgehead atoms. The van der Waals surface area contributed by atoms with E-state index in [1.54, 1.807) is 11.3 Å². The van der Waals surface area contributed by atoms with Gasteiger partial charge < -0.3 is 0 Å². The van der Waals surface area contributed by atoms with E-state index in [1.165, 1.54) is 10.8 Å². The summed E-state index contributed by atoms with van der Waals surface area (Å²) in [7, 11) is 0. The Morgan fingerprint density at radius 1 is 0.588 bits per heavy atom. The fourth-order valence-electron chi connectivity index (χ4n) is 4.44. The van der Waals surface area contributed by atoms with Crippen LogP contribution in [0.15, 0.2) is 103 Å². The highest BCUT2D eigenvalue weighted by atomic mass is 32.1. The average Bonchev–Trinajstić information content (AvgIpc) is 3.51. The highest BCUT2D eigenvalue weighted by Crippen LogP contribution is 2.32. The largest absolute Gasteiger partial charge is 0.278 e. The van der Waals surface area contributed by atoms with Crippen molar-refractivity contribution in [1.29, 1.82) is 0 Å². The van der Waals surface area contributed by atoms with Gasteiger partial charge in [-0.1, -0.05) is 66.7 Å². The molecule has 7 rings (SSSR count). The van der Waals surface area contributed by atoms with Crippen molar-refractivity contribution >= 4 is 43.4 Å². The Balaban J connectivity index is 1.55. The number of aromatic nitrogens is 5. The molecule has 34 heavy (non-hydrogen) atoms. The summed E-state index contributed by atoms with van der Waals surface area (Å²) in [6.07, 6.45) is 0. The number of hydrogen-bond acceptors (Lipinski definition) is 5. The van der Waals surface area contributed by atoms with Gasteiger partial charge >= 0.3 is 0 Å². The van der Waals surface area contributed by atoms with E-state index in [9.17, 15) is 0 Å². The SMILES string of the molecule is c1ccc(-c2nc(-c3ccc4ncsc4c3)nc(-n3c4ccccc4c4ccccc43)n2)cc1. The van der Waals surface area contributed by atoms with E-state index in [4.69, 9.17) is 15.0 Å². The molecule has 3 aromatic heterocycles. The van der Waals surface area contributed by atoms with E-state index in [1.807, 2.05) is 48.0 Å². The second-order valence-electron chi connectivity index (χ2n) is 8.05. The number of fused-ring (bicyclic) bond motifs is 4. The predicted octanol–water partition coefficient (Wildman–Crippen LogP) is 6.91. The molecule has 0 aliphatic heterocycles. The lowest BCUT2D eigenvalue weighted by Gasteiger charge is -2.10. The highest BCUT2D eigenvalue weighted by molar-refractivity contribution is 7.16. The predicted molar refractivity (Wildman–Crippen MR) is 138 cm³/mol. The van der Waals surface area contributed by atoms with E-state index in [0.717, 1.165) is 32.4 Å². The van der Waals surface area contributed by atoms with E-state index in [0.29, 0.717) is 17.6 Å². The van der Waals surface area contributed by atoms with Gasteiger partial charge in [0.1, 0.15) is 0 Å². The normalized spacial score (nSPS) is 11.5. The number of hydrogen-bond donors (Lipinski definition) is 0. The van der Waals surface area contributed by atoms with Gasteiger partial charge in [-0.05, 0) is 30.3 Å². The zero-order chi connectivity index (χ0) is 22.5. The average molecular weight is 456 g/mol. The van der Waals surface area contributed by atoms with Crippen LogP contribution in [0.4, 0.5) is 0 Å². The van der Waals surface area contributed by atoms with Gasteiger partial charge in [0.05, 0.1) is 26.8 Å². The van der Waals surface area contributed by atoms with Crippen molar-refractivity contribution in [3.8, 4) is 28.7 Å². The quantitative estimate of drug-likeness (QED) is 0.290. The molecule has 0 unspecified atom stereocenters. The molecule has 0 saturated carbocycles. The molecule has 0 aliphatic rings. The fourth-order valence-corrected chi connectivity index (χ4v) is 5.16. The Kier molecular flexibility index (Phi) is 4.25. The number of benzene rings is 4. The molecular formula is C28H17N5S. The minimum atomic E-state index is 0.602. The summed E-state index contributed by atoms with van der Waals surface area (Å²) >= 11 is 1.61. The summed E-state index contributed by atoms with van der Waals surface area (Å²) in [5, 5.41) is 2.35. The highest BCUT2D eigenvalue weighted by Gasteiger charge is 2.17. The Morgan fingerprint density at radius 2 is 1.24 bits per heavy atom. The second-order valence-corrected chi connectivity index (χ2v) is 8.94. The molecule has 0 atom stereocenters. The van der Waals surface area contributed by atoms with E-state index < -0.39 is 0 Å². The molecule has 5 nitrogen and oxygen atoms in total. The maximum atomic E-state index is 4.99. The molecule has 0 N–H and O–H groups in total. The van der Waals surface area contributed by atoms with Gasteiger partial charge in [-0.2, -0.15) is 9.97 Å². The molecule has 4 aromatic carbocycles. The molecule has 0 saturated heterocycles. The zero-order valence-corrected chi connectivity index (χ0v) is 18.8. The monoisotopic (exact) mass is 455 g/mol. The lowest BCUT2D eigenvalue weighted by Crippen LogP contribution is -2.06. The first-order chi connectivity index (χ1) is 16.8. The Bertz CT molecular complexity index is 1760. The Hall–Kier alpha value is -4.42. The van der Waals surface area contributed by atoms with Crippen molar-refractivity contribution in [2.75, 3.05) is 0 Å². The number of rotatable bonds is 3. The van der Waals surface area contributed by atoms with Crippen LogP contribution in [0.1, 0.15) is 0 Å². The first-order valence-electron chi connectivity index (χ1n) is 11.0. The van der Waals surface area contributed by atoms with Gasteiger partial charge in [-0.3, -0.25) is 4.57 Å². The van der Waals surface area contributed by atoms with Crippen molar-refractivity contribution in [2.45, 2.75) is 0 Å². The van der Waals surface area contributed by atoms with Crippen molar-refractivity contribution in [3.05, 3.63) is 103 Å². The van der Waals surface area contributed by atoms with Gasteiger partial charge in [-0.25, -0.2) is 9.97 Å². The van der Waals surface area contributed by atoms with Crippen LogP contribution in [0.2, 0.25) is 0 Å². The summed E-state index contributed by atoms with van der Waals surface area (Å²) in [5.74, 6) is 1.89. The van der Waals surface area contributed by atoms with Gasteiger partial charge in [0, 0.05) is 21.9 Å². The second kappa shape index (κ2) is 7.57. The number of para-hydroxylation sites is 2.